The highest BCUT2D eigenvalue weighted by molar-refractivity contribution is 6.35. The molecule has 1 aromatic carbocycles. The predicted octanol–water partition coefficient (Wildman–Crippen LogP) is 1.87. The highest BCUT2D eigenvalue weighted by atomic mass is 35.5. The fraction of sp³-hybridized carbons (Fsp3) is 0.375. The Bertz CT molecular complexity index is 779. The Labute approximate surface area is 161 Å². The molecule has 0 bridgehead atoms. The van der Waals surface area contributed by atoms with E-state index < -0.39 is 0 Å². The van der Waals surface area contributed by atoms with Gasteiger partial charge in [0.1, 0.15) is 12.3 Å². The molecule has 0 saturated carbocycles. The van der Waals surface area contributed by atoms with Crippen molar-refractivity contribution in [2.24, 2.45) is 0 Å². The summed E-state index contributed by atoms with van der Waals surface area (Å²) in [5.41, 5.74) is 0.151. The summed E-state index contributed by atoms with van der Waals surface area (Å²) in [5.74, 6) is 0.0360. The largest absolute Gasteiger partial charge is 0.492 e. The average Bonchev–Trinajstić information content (AvgIpc) is 3.04. The lowest BCUT2D eigenvalue weighted by molar-refractivity contribution is -0.129. The number of carbonyl (C=O) groups excluding carboxylic acids is 2. The van der Waals surface area contributed by atoms with Gasteiger partial charge in [0.15, 0.2) is 5.69 Å². The minimum absolute atomic E-state index is 0.0307. The standard InChI is InChI=1S/C16H19Cl2N5O3/c1-22(2)15(24)10-23-9-13(20-21-23)16(25)19-6-3-7-26-14-5-4-11(17)8-12(14)18/h4-5,8-9H,3,6-7,10H2,1-2H3,(H,19,25). The third-order valence-electron chi connectivity index (χ3n) is 3.33. The summed E-state index contributed by atoms with van der Waals surface area (Å²) in [5, 5.41) is 11.2. The van der Waals surface area contributed by atoms with E-state index in [1.807, 2.05) is 0 Å². The van der Waals surface area contributed by atoms with Crippen LogP contribution >= 0.6 is 23.2 Å². The van der Waals surface area contributed by atoms with Crippen LogP contribution < -0.4 is 10.1 Å². The molecule has 1 N–H and O–H groups in total. The Morgan fingerprint density at radius 1 is 1.31 bits per heavy atom. The van der Waals surface area contributed by atoms with E-state index in [4.69, 9.17) is 27.9 Å². The second-order valence-corrected chi connectivity index (χ2v) is 6.47. The third-order valence-corrected chi connectivity index (χ3v) is 3.86. The van der Waals surface area contributed by atoms with Crippen LogP contribution in [0.1, 0.15) is 16.9 Å². The predicted molar refractivity (Wildman–Crippen MR) is 97.6 cm³/mol. The zero-order valence-corrected chi connectivity index (χ0v) is 15.9. The molecule has 0 spiro atoms. The molecule has 0 fully saturated rings. The summed E-state index contributed by atoms with van der Waals surface area (Å²) >= 11 is 11.8. The molecule has 2 amide bonds. The van der Waals surface area contributed by atoms with Crippen LogP contribution in [-0.2, 0) is 11.3 Å². The normalized spacial score (nSPS) is 10.5. The number of halogens is 2. The van der Waals surface area contributed by atoms with Crippen molar-refractivity contribution in [1.29, 1.82) is 0 Å². The number of hydrogen-bond donors (Lipinski definition) is 1. The highest BCUT2D eigenvalue weighted by Gasteiger charge is 2.12. The number of amides is 2. The monoisotopic (exact) mass is 399 g/mol. The quantitative estimate of drug-likeness (QED) is 0.684. The molecule has 0 unspecified atom stereocenters. The minimum Gasteiger partial charge on any atom is -0.492 e. The molecular formula is C16H19Cl2N5O3. The first-order valence-corrected chi connectivity index (χ1v) is 8.58. The van der Waals surface area contributed by atoms with Crippen LogP contribution in [0.3, 0.4) is 0 Å². The molecule has 1 heterocycles. The zero-order valence-electron chi connectivity index (χ0n) is 14.4. The summed E-state index contributed by atoms with van der Waals surface area (Å²) in [6.45, 7) is 0.808. The first-order chi connectivity index (χ1) is 12.4. The number of ether oxygens (including phenoxy) is 1. The van der Waals surface area contributed by atoms with E-state index in [2.05, 4.69) is 15.6 Å². The van der Waals surface area contributed by atoms with Gasteiger partial charge in [0.2, 0.25) is 5.91 Å². The van der Waals surface area contributed by atoms with E-state index in [0.29, 0.717) is 35.4 Å². The van der Waals surface area contributed by atoms with Gasteiger partial charge in [0, 0.05) is 25.7 Å². The molecule has 140 valence electrons. The fourth-order valence-corrected chi connectivity index (χ4v) is 2.36. The molecule has 0 radical (unpaired) electrons. The second kappa shape index (κ2) is 9.40. The number of aromatic nitrogens is 3. The molecule has 1 aromatic heterocycles. The van der Waals surface area contributed by atoms with Gasteiger partial charge in [0.05, 0.1) is 17.8 Å². The van der Waals surface area contributed by atoms with E-state index in [-0.39, 0.29) is 24.1 Å². The Kier molecular flexibility index (Phi) is 7.23. The van der Waals surface area contributed by atoms with Crippen LogP contribution in [-0.4, -0.2) is 59.0 Å². The van der Waals surface area contributed by atoms with E-state index in [9.17, 15) is 9.59 Å². The van der Waals surface area contributed by atoms with E-state index in [1.165, 1.54) is 15.8 Å². The third kappa shape index (κ3) is 5.89. The molecule has 0 aliphatic rings. The van der Waals surface area contributed by atoms with E-state index in [1.54, 1.807) is 32.3 Å². The van der Waals surface area contributed by atoms with Gasteiger partial charge in [-0.1, -0.05) is 28.4 Å². The number of hydrogen-bond acceptors (Lipinski definition) is 5. The molecular weight excluding hydrogens is 381 g/mol. The summed E-state index contributed by atoms with van der Waals surface area (Å²) in [4.78, 5) is 25.0. The molecule has 0 atom stereocenters. The van der Waals surface area contributed by atoms with Gasteiger partial charge in [-0.05, 0) is 24.6 Å². The van der Waals surface area contributed by atoms with Gasteiger partial charge in [-0.3, -0.25) is 9.59 Å². The Hall–Kier alpha value is -2.32. The van der Waals surface area contributed by atoms with Crippen molar-refractivity contribution in [2.45, 2.75) is 13.0 Å². The van der Waals surface area contributed by atoms with Gasteiger partial charge in [-0.15, -0.1) is 5.10 Å². The number of rotatable bonds is 8. The Morgan fingerprint density at radius 2 is 2.08 bits per heavy atom. The average molecular weight is 400 g/mol. The molecule has 0 saturated heterocycles. The lowest BCUT2D eigenvalue weighted by Crippen LogP contribution is -2.27. The first kappa shape index (κ1) is 20.0. The Balaban J connectivity index is 1.72. The zero-order chi connectivity index (χ0) is 19.1. The van der Waals surface area contributed by atoms with E-state index >= 15 is 0 Å². The summed E-state index contributed by atoms with van der Waals surface area (Å²) in [6.07, 6.45) is 2.01. The second-order valence-electron chi connectivity index (χ2n) is 5.62. The summed E-state index contributed by atoms with van der Waals surface area (Å²) in [7, 11) is 3.29. The molecule has 2 aromatic rings. The summed E-state index contributed by atoms with van der Waals surface area (Å²) < 4.78 is 6.86. The van der Waals surface area contributed by atoms with Crippen LogP contribution in [0.15, 0.2) is 24.4 Å². The van der Waals surface area contributed by atoms with Crippen molar-refractivity contribution in [3.8, 4) is 5.75 Å². The summed E-state index contributed by atoms with van der Waals surface area (Å²) in [6, 6.07) is 4.98. The number of nitrogens with one attached hydrogen (secondary N) is 1. The Morgan fingerprint density at radius 3 is 2.77 bits per heavy atom. The molecule has 2 rings (SSSR count). The van der Waals surface area contributed by atoms with Crippen LogP contribution in [0.25, 0.3) is 0 Å². The number of nitrogens with zero attached hydrogens (tertiary/aromatic N) is 4. The van der Waals surface area contributed by atoms with Gasteiger partial charge in [-0.25, -0.2) is 4.68 Å². The van der Waals surface area contributed by atoms with Gasteiger partial charge in [-0.2, -0.15) is 0 Å². The first-order valence-electron chi connectivity index (χ1n) is 7.83. The lowest BCUT2D eigenvalue weighted by atomic mass is 10.3. The van der Waals surface area contributed by atoms with Crippen molar-refractivity contribution < 1.29 is 14.3 Å². The smallest absolute Gasteiger partial charge is 0.273 e. The lowest BCUT2D eigenvalue weighted by Gasteiger charge is -2.09. The molecule has 26 heavy (non-hydrogen) atoms. The maximum absolute atomic E-state index is 12.0. The number of benzene rings is 1. The number of carbonyl (C=O) groups is 2. The molecule has 0 aliphatic heterocycles. The van der Waals surface area contributed by atoms with Crippen molar-refractivity contribution in [3.05, 3.63) is 40.1 Å². The maximum atomic E-state index is 12.0. The van der Waals surface area contributed by atoms with Gasteiger partial charge in [0.25, 0.3) is 5.91 Å². The minimum atomic E-state index is -0.363. The van der Waals surface area contributed by atoms with E-state index in [0.717, 1.165) is 0 Å². The van der Waals surface area contributed by atoms with Crippen molar-refractivity contribution >= 4 is 35.0 Å². The van der Waals surface area contributed by atoms with Crippen molar-refractivity contribution in [1.82, 2.24) is 25.2 Å². The van der Waals surface area contributed by atoms with Crippen LogP contribution in [0.5, 0.6) is 5.75 Å². The molecule has 0 aliphatic carbocycles. The van der Waals surface area contributed by atoms with Crippen LogP contribution in [0, 0.1) is 0 Å². The molecule has 10 heteroatoms. The van der Waals surface area contributed by atoms with Crippen molar-refractivity contribution in [3.63, 3.8) is 0 Å². The van der Waals surface area contributed by atoms with Gasteiger partial charge < -0.3 is 15.0 Å². The van der Waals surface area contributed by atoms with Crippen LogP contribution in [0.4, 0.5) is 0 Å². The van der Waals surface area contributed by atoms with Crippen LogP contribution in [0.2, 0.25) is 10.0 Å². The maximum Gasteiger partial charge on any atom is 0.273 e. The van der Waals surface area contributed by atoms with Gasteiger partial charge >= 0.3 is 0 Å². The topological polar surface area (TPSA) is 89.4 Å². The fourth-order valence-electron chi connectivity index (χ4n) is 1.90. The van der Waals surface area contributed by atoms with Crippen molar-refractivity contribution in [2.75, 3.05) is 27.2 Å². The SMILES string of the molecule is CN(C)C(=O)Cn1cc(C(=O)NCCCOc2ccc(Cl)cc2Cl)nn1. The number of likely N-dealkylation sites (N-methyl/N-ethyl adjacent to an activating group) is 1. The molecule has 8 nitrogen and oxygen atoms in total. The highest BCUT2D eigenvalue weighted by Crippen LogP contribution is 2.27.